The molecular weight excluding hydrogens is 396 g/mol. The Hall–Kier alpha value is -3.10. The van der Waals surface area contributed by atoms with E-state index in [-0.39, 0.29) is 5.91 Å². The Morgan fingerprint density at radius 2 is 2.07 bits per heavy atom. The van der Waals surface area contributed by atoms with Gasteiger partial charge in [-0.3, -0.25) is 14.7 Å². The van der Waals surface area contributed by atoms with Crippen LogP contribution in [0.5, 0.6) is 0 Å². The molecule has 8 heteroatoms. The second-order valence-corrected chi connectivity index (χ2v) is 8.51. The number of likely N-dealkylation sites (tertiary alicyclic amines) is 1. The van der Waals surface area contributed by atoms with Gasteiger partial charge in [-0.1, -0.05) is 6.42 Å². The van der Waals surface area contributed by atoms with Gasteiger partial charge in [-0.15, -0.1) is 11.3 Å². The van der Waals surface area contributed by atoms with Gasteiger partial charge in [0.25, 0.3) is 5.91 Å². The van der Waals surface area contributed by atoms with Crippen LogP contribution in [0.3, 0.4) is 0 Å². The topological polar surface area (TPSA) is 86.8 Å². The maximum absolute atomic E-state index is 12.7. The van der Waals surface area contributed by atoms with E-state index in [9.17, 15) is 4.79 Å². The molecule has 0 aliphatic carbocycles. The summed E-state index contributed by atoms with van der Waals surface area (Å²) in [6, 6.07) is 9.55. The largest absolute Gasteiger partial charge is 0.341 e. The zero-order valence-corrected chi connectivity index (χ0v) is 17.3. The summed E-state index contributed by atoms with van der Waals surface area (Å²) in [7, 11) is 0. The number of hydrogen-bond donors (Lipinski definition) is 2. The van der Waals surface area contributed by atoms with E-state index in [0.29, 0.717) is 4.88 Å². The van der Waals surface area contributed by atoms with Crippen molar-refractivity contribution >= 4 is 34.0 Å². The van der Waals surface area contributed by atoms with Gasteiger partial charge in [0, 0.05) is 23.6 Å². The molecule has 1 aliphatic rings. The van der Waals surface area contributed by atoms with E-state index in [0.717, 1.165) is 52.8 Å². The van der Waals surface area contributed by atoms with Crippen LogP contribution in [0.4, 0.5) is 5.69 Å². The van der Waals surface area contributed by atoms with E-state index in [1.807, 2.05) is 30.3 Å². The summed E-state index contributed by atoms with van der Waals surface area (Å²) in [6.45, 7) is 3.11. The average Bonchev–Trinajstić information content (AvgIpc) is 3.42. The van der Waals surface area contributed by atoms with Crippen LogP contribution in [0.2, 0.25) is 0 Å². The van der Waals surface area contributed by atoms with Crippen molar-refractivity contribution in [2.45, 2.75) is 25.8 Å². The van der Waals surface area contributed by atoms with E-state index in [2.05, 4.69) is 25.2 Å². The van der Waals surface area contributed by atoms with Crippen molar-refractivity contribution < 1.29 is 4.79 Å². The SMILES string of the molecule is O=C(Nc1ccc2nc(CN3CCCCC3)[nH]c2c1)c1cnc(-c2cccnc2)s1. The standard InChI is InChI=1S/C22H22N6OS/c29-21(19-13-24-22(30-19)15-5-4-8-23-12-15)25-16-6-7-17-18(11-16)27-20(26-17)14-28-9-2-1-3-10-28/h4-8,11-13H,1-3,9-10,14H2,(H,25,29)(H,26,27). The lowest BCUT2D eigenvalue weighted by molar-refractivity contribution is 0.103. The van der Waals surface area contributed by atoms with Crippen LogP contribution < -0.4 is 5.32 Å². The highest BCUT2D eigenvalue weighted by atomic mass is 32.1. The van der Waals surface area contributed by atoms with E-state index in [4.69, 9.17) is 4.98 Å². The first-order chi connectivity index (χ1) is 14.7. The molecule has 1 aromatic carbocycles. The van der Waals surface area contributed by atoms with Crippen LogP contribution in [-0.4, -0.2) is 43.8 Å². The fourth-order valence-corrected chi connectivity index (χ4v) is 4.54. The number of carbonyl (C=O) groups excluding carboxylic acids is 1. The van der Waals surface area contributed by atoms with Crippen molar-refractivity contribution in [2.75, 3.05) is 18.4 Å². The predicted molar refractivity (Wildman–Crippen MR) is 119 cm³/mol. The number of piperidine rings is 1. The minimum atomic E-state index is -0.171. The zero-order chi connectivity index (χ0) is 20.3. The number of amides is 1. The number of aromatic amines is 1. The van der Waals surface area contributed by atoms with Crippen LogP contribution in [0, 0.1) is 0 Å². The third-order valence-corrected chi connectivity index (χ3v) is 6.29. The number of rotatable bonds is 5. The third kappa shape index (κ3) is 4.10. The number of fused-ring (bicyclic) bond motifs is 1. The number of thiazole rings is 1. The highest BCUT2D eigenvalue weighted by molar-refractivity contribution is 7.17. The van der Waals surface area contributed by atoms with Crippen LogP contribution in [-0.2, 0) is 6.54 Å². The highest BCUT2D eigenvalue weighted by Gasteiger charge is 2.15. The van der Waals surface area contributed by atoms with E-state index < -0.39 is 0 Å². The smallest absolute Gasteiger partial charge is 0.267 e. The van der Waals surface area contributed by atoms with Crippen LogP contribution >= 0.6 is 11.3 Å². The third-order valence-electron chi connectivity index (χ3n) is 5.25. The highest BCUT2D eigenvalue weighted by Crippen LogP contribution is 2.25. The number of benzene rings is 1. The van der Waals surface area contributed by atoms with E-state index in [1.54, 1.807) is 18.6 Å². The summed E-state index contributed by atoms with van der Waals surface area (Å²) in [5.41, 5.74) is 3.48. The number of nitrogens with one attached hydrogen (secondary N) is 2. The first-order valence-electron chi connectivity index (χ1n) is 10.1. The number of H-pyrrole nitrogens is 1. The molecule has 30 heavy (non-hydrogen) atoms. The molecule has 0 unspecified atom stereocenters. The summed E-state index contributed by atoms with van der Waals surface area (Å²) < 4.78 is 0. The number of carbonyl (C=O) groups is 1. The minimum Gasteiger partial charge on any atom is -0.341 e. The maximum atomic E-state index is 12.7. The molecule has 3 aromatic heterocycles. The normalized spacial score (nSPS) is 14.8. The van der Waals surface area contributed by atoms with Crippen LogP contribution in [0.1, 0.15) is 34.8 Å². The Labute approximate surface area is 178 Å². The summed E-state index contributed by atoms with van der Waals surface area (Å²) in [5, 5.41) is 3.74. The van der Waals surface area contributed by atoms with Crippen LogP contribution in [0.15, 0.2) is 48.9 Å². The second-order valence-electron chi connectivity index (χ2n) is 7.48. The summed E-state index contributed by atoms with van der Waals surface area (Å²) in [4.78, 5) is 32.2. The predicted octanol–water partition coefficient (Wildman–Crippen LogP) is 4.32. The van der Waals surface area contributed by atoms with Gasteiger partial charge in [-0.25, -0.2) is 9.97 Å². The minimum absolute atomic E-state index is 0.171. The molecule has 0 saturated carbocycles. The van der Waals surface area contributed by atoms with Gasteiger partial charge in [-0.05, 0) is 56.3 Å². The summed E-state index contributed by atoms with van der Waals surface area (Å²) in [5.74, 6) is 0.800. The molecule has 0 radical (unpaired) electrons. The van der Waals surface area contributed by atoms with Gasteiger partial charge >= 0.3 is 0 Å². The molecule has 1 amide bonds. The summed E-state index contributed by atoms with van der Waals surface area (Å²) in [6.07, 6.45) is 8.91. The number of imidazole rings is 1. The molecule has 4 heterocycles. The Balaban J connectivity index is 1.29. The Kier molecular flexibility index (Phi) is 5.25. The number of aromatic nitrogens is 4. The molecule has 0 spiro atoms. The molecule has 4 aromatic rings. The van der Waals surface area contributed by atoms with Gasteiger partial charge in [0.1, 0.15) is 15.7 Å². The van der Waals surface area contributed by atoms with Gasteiger partial charge < -0.3 is 10.3 Å². The molecule has 0 bridgehead atoms. The quantitative estimate of drug-likeness (QED) is 0.504. The van der Waals surface area contributed by atoms with Gasteiger partial charge in [0.15, 0.2) is 0 Å². The lowest BCUT2D eigenvalue weighted by atomic mass is 10.1. The van der Waals surface area contributed by atoms with Crippen molar-refractivity contribution in [2.24, 2.45) is 0 Å². The lowest BCUT2D eigenvalue weighted by Crippen LogP contribution is -2.29. The molecule has 5 rings (SSSR count). The molecule has 152 valence electrons. The van der Waals surface area contributed by atoms with E-state index in [1.165, 1.54) is 30.6 Å². The molecule has 2 N–H and O–H groups in total. The van der Waals surface area contributed by atoms with Gasteiger partial charge in [-0.2, -0.15) is 0 Å². The summed E-state index contributed by atoms with van der Waals surface area (Å²) >= 11 is 1.35. The van der Waals surface area contributed by atoms with Crippen molar-refractivity contribution in [3.8, 4) is 10.6 Å². The fourth-order valence-electron chi connectivity index (χ4n) is 3.74. The first kappa shape index (κ1) is 18.9. The molecule has 1 aliphatic heterocycles. The molecule has 1 saturated heterocycles. The zero-order valence-electron chi connectivity index (χ0n) is 16.5. The first-order valence-corrected chi connectivity index (χ1v) is 10.9. The Bertz CT molecular complexity index is 1160. The van der Waals surface area contributed by atoms with Crippen molar-refractivity contribution in [1.29, 1.82) is 0 Å². The second kappa shape index (κ2) is 8.33. The van der Waals surface area contributed by atoms with Gasteiger partial charge in [0.2, 0.25) is 0 Å². The lowest BCUT2D eigenvalue weighted by Gasteiger charge is -2.25. The van der Waals surface area contributed by atoms with Crippen molar-refractivity contribution in [3.63, 3.8) is 0 Å². The molecule has 1 fully saturated rings. The fraction of sp³-hybridized carbons (Fsp3) is 0.273. The number of nitrogens with zero attached hydrogens (tertiary/aromatic N) is 4. The number of pyridine rings is 1. The Morgan fingerprint density at radius 1 is 1.17 bits per heavy atom. The maximum Gasteiger partial charge on any atom is 0.267 e. The molecule has 7 nitrogen and oxygen atoms in total. The van der Waals surface area contributed by atoms with Gasteiger partial charge in [0.05, 0.1) is 23.8 Å². The number of anilines is 1. The molecule has 0 atom stereocenters. The van der Waals surface area contributed by atoms with E-state index >= 15 is 0 Å². The molecular formula is C22H22N6OS. The Morgan fingerprint density at radius 3 is 2.90 bits per heavy atom. The van der Waals surface area contributed by atoms with Crippen LogP contribution in [0.25, 0.3) is 21.6 Å². The monoisotopic (exact) mass is 418 g/mol. The van der Waals surface area contributed by atoms with Crippen molar-refractivity contribution in [3.05, 3.63) is 59.6 Å². The average molecular weight is 419 g/mol. The number of hydrogen-bond acceptors (Lipinski definition) is 6. The van der Waals surface area contributed by atoms with Crippen molar-refractivity contribution in [1.82, 2.24) is 24.8 Å².